The summed E-state index contributed by atoms with van der Waals surface area (Å²) in [5.41, 5.74) is 1.96. The summed E-state index contributed by atoms with van der Waals surface area (Å²) in [6, 6.07) is 3.18. The van der Waals surface area contributed by atoms with Crippen LogP contribution >= 0.6 is 28.3 Å². The van der Waals surface area contributed by atoms with E-state index in [4.69, 9.17) is 5.84 Å². The highest BCUT2D eigenvalue weighted by Gasteiger charge is 2.30. The Bertz CT molecular complexity index is 316. The van der Waals surface area contributed by atoms with E-state index in [1.54, 1.807) is 0 Å². The largest absolute Gasteiger partial charge is 0.416 e. The highest BCUT2D eigenvalue weighted by molar-refractivity contribution is 9.10. The number of hydrogen-bond donors (Lipinski definition) is 2. The molecule has 0 fully saturated rings. The number of nitrogens with one attached hydrogen (secondary N) is 1. The summed E-state index contributed by atoms with van der Waals surface area (Å²) < 4.78 is 36.7. The van der Waals surface area contributed by atoms with Gasteiger partial charge < -0.3 is 5.43 Å². The average Bonchev–Trinajstić information content (AvgIpc) is 2.02. The van der Waals surface area contributed by atoms with Gasteiger partial charge in [0.2, 0.25) is 0 Å². The van der Waals surface area contributed by atoms with Crippen molar-refractivity contribution in [3.63, 3.8) is 0 Å². The minimum atomic E-state index is -4.32. The molecule has 1 aromatic carbocycles. The van der Waals surface area contributed by atoms with Gasteiger partial charge in [-0.15, -0.1) is 12.4 Å². The van der Waals surface area contributed by atoms with Crippen molar-refractivity contribution in [3.05, 3.63) is 28.2 Å². The average molecular weight is 291 g/mol. The second-order valence-corrected chi connectivity index (χ2v) is 3.19. The lowest BCUT2D eigenvalue weighted by molar-refractivity contribution is -0.137. The fourth-order valence-electron chi connectivity index (χ4n) is 0.808. The lowest BCUT2D eigenvalue weighted by atomic mass is 10.2. The maximum absolute atomic E-state index is 12.1. The van der Waals surface area contributed by atoms with E-state index in [1.165, 1.54) is 6.07 Å². The molecular weight excluding hydrogens is 284 g/mol. The van der Waals surface area contributed by atoms with E-state index in [1.807, 2.05) is 0 Å². The molecular formula is C7H7BrClF3N2. The Hall–Kier alpha value is -0.460. The van der Waals surface area contributed by atoms with E-state index in [9.17, 15) is 13.2 Å². The third kappa shape index (κ3) is 3.04. The first kappa shape index (κ1) is 13.5. The van der Waals surface area contributed by atoms with Gasteiger partial charge in [-0.05, 0) is 34.1 Å². The minimum Gasteiger partial charge on any atom is -0.323 e. The molecule has 0 unspecified atom stereocenters. The summed E-state index contributed by atoms with van der Waals surface area (Å²) in [7, 11) is 0. The van der Waals surface area contributed by atoms with Crippen molar-refractivity contribution >= 4 is 34.0 Å². The topological polar surface area (TPSA) is 38.0 Å². The fraction of sp³-hybridized carbons (Fsp3) is 0.143. The van der Waals surface area contributed by atoms with Crippen LogP contribution in [0, 0.1) is 0 Å². The highest BCUT2D eigenvalue weighted by atomic mass is 79.9. The molecule has 3 N–H and O–H groups in total. The van der Waals surface area contributed by atoms with Gasteiger partial charge >= 0.3 is 6.18 Å². The highest BCUT2D eigenvalue weighted by Crippen LogP contribution is 2.33. The Balaban J connectivity index is 0.00000169. The van der Waals surface area contributed by atoms with Gasteiger partial charge in [-0.2, -0.15) is 13.2 Å². The van der Waals surface area contributed by atoms with Gasteiger partial charge in [-0.1, -0.05) is 0 Å². The molecule has 0 saturated heterocycles. The molecule has 80 valence electrons. The zero-order valence-corrected chi connectivity index (χ0v) is 9.13. The summed E-state index contributed by atoms with van der Waals surface area (Å²) in [6.07, 6.45) is -4.32. The smallest absolute Gasteiger partial charge is 0.323 e. The zero-order valence-electron chi connectivity index (χ0n) is 6.73. The lowest BCUT2D eigenvalue weighted by Gasteiger charge is -2.09. The summed E-state index contributed by atoms with van der Waals surface area (Å²) in [5.74, 6) is 5.05. The van der Waals surface area contributed by atoms with Crippen LogP contribution in [0.2, 0.25) is 0 Å². The molecule has 0 spiro atoms. The van der Waals surface area contributed by atoms with E-state index in [2.05, 4.69) is 21.4 Å². The Morgan fingerprint density at radius 2 is 1.86 bits per heavy atom. The molecule has 0 bridgehead atoms. The van der Waals surface area contributed by atoms with Crippen molar-refractivity contribution in [2.75, 3.05) is 5.43 Å². The van der Waals surface area contributed by atoms with Gasteiger partial charge in [-0.25, -0.2) is 0 Å². The Labute approximate surface area is 93.2 Å². The van der Waals surface area contributed by atoms with Crippen LogP contribution in [-0.4, -0.2) is 0 Å². The summed E-state index contributed by atoms with van der Waals surface area (Å²) in [6.45, 7) is 0. The third-order valence-electron chi connectivity index (χ3n) is 1.45. The first-order chi connectivity index (χ1) is 5.95. The maximum atomic E-state index is 12.1. The van der Waals surface area contributed by atoms with E-state index in [-0.39, 0.29) is 16.9 Å². The molecule has 0 aliphatic carbocycles. The number of benzene rings is 1. The molecule has 14 heavy (non-hydrogen) atoms. The minimum absolute atomic E-state index is 0. The predicted molar refractivity (Wildman–Crippen MR) is 54.2 cm³/mol. The molecule has 7 heteroatoms. The number of anilines is 1. The second-order valence-electron chi connectivity index (χ2n) is 2.34. The van der Waals surface area contributed by atoms with Crippen LogP contribution in [0.1, 0.15) is 5.56 Å². The molecule has 0 radical (unpaired) electrons. The molecule has 1 rings (SSSR count). The fourth-order valence-corrected chi connectivity index (χ4v) is 1.30. The van der Waals surface area contributed by atoms with E-state index in [0.29, 0.717) is 5.69 Å². The van der Waals surface area contributed by atoms with Gasteiger partial charge in [-0.3, -0.25) is 5.84 Å². The van der Waals surface area contributed by atoms with Crippen molar-refractivity contribution in [1.82, 2.24) is 0 Å². The maximum Gasteiger partial charge on any atom is 0.416 e. The van der Waals surface area contributed by atoms with Gasteiger partial charge in [0.05, 0.1) is 11.3 Å². The number of rotatable bonds is 1. The monoisotopic (exact) mass is 290 g/mol. The first-order valence-electron chi connectivity index (χ1n) is 3.28. The van der Waals surface area contributed by atoms with E-state index < -0.39 is 11.7 Å². The van der Waals surface area contributed by atoms with Gasteiger partial charge in [0, 0.05) is 4.47 Å². The number of nitrogen functional groups attached to an aromatic ring is 1. The molecule has 0 aromatic heterocycles. The van der Waals surface area contributed by atoms with Gasteiger partial charge in [0.25, 0.3) is 0 Å². The number of alkyl halides is 3. The van der Waals surface area contributed by atoms with Crippen LogP contribution in [0.5, 0.6) is 0 Å². The number of halogens is 5. The molecule has 0 atom stereocenters. The molecule has 0 saturated carbocycles. The number of nitrogens with two attached hydrogens (primary N) is 1. The normalized spacial score (nSPS) is 10.6. The van der Waals surface area contributed by atoms with Crippen molar-refractivity contribution in [1.29, 1.82) is 0 Å². The van der Waals surface area contributed by atoms with Crippen LogP contribution in [0.3, 0.4) is 0 Å². The van der Waals surface area contributed by atoms with Gasteiger partial charge in [0.15, 0.2) is 0 Å². The molecule has 1 aromatic rings. The van der Waals surface area contributed by atoms with Crippen LogP contribution in [0.15, 0.2) is 22.7 Å². The van der Waals surface area contributed by atoms with E-state index in [0.717, 1.165) is 12.1 Å². The third-order valence-corrected chi connectivity index (χ3v) is 2.11. The van der Waals surface area contributed by atoms with Crippen molar-refractivity contribution in [2.24, 2.45) is 5.84 Å². The molecule has 0 heterocycles. The van der Waals surface area contributed by atoms with Gasteiger partial charge in [0.1, 0.15) is 0 Å². The first-order valence-corrected chi connectivity index (χ1v) is 4.08. The standard InChI is InChI=1S/C7H6BrF3N2.ClH/c8-5-3-4(7(9,10)11)1-2-6(5)13-12;/h1-3,13H,12H2;1H. The zero-order chi connectivity index (χ0) is 10.1. The van der Waals surface area contributed by atoms with Crippen molar-refractivity contribution < 1.29 is 13.2 Å². The SMILES string of the molecule is Cl.NNc1ccc(C(F)(F)F)cc1Br. The molecule has 0 amide bonds. The van der Waals surface area contributed by atoms with Crippen molar-refractivity contribution in [3.8, 4) is 0 Å². The number of hydrogen-bond acceptors (Lipinski definition) is 2. The van der Waals surface area contributed by atoms with E-state index >= 15 is 0 Å². The second kappa shape index (κ2) is 4.86. The molecule has 0 aliphatic heterocycles. The molecule has 2 nitrogen and oxygen atoms in total. The molecule has 0 aliphatic rings. The summed E-state index contributed by atoms with van der Waals surface area (Å²) >= 11 is 2.96. The van der Waals surface area contributed by atoms with Crippen LogP contribution in [0.4, 0.5) is 18.9 Å². The lowest BCUT2D eigenvalue weighted by Crippen LogP contribution is -2.09. The van der Waals surface area contributed by atoms with Crippen LogP contribution < -0.4 is 11.3 Å². The quantitative estimate of drug-likeness (QED) is 0.616. The van der Waals surface area contributed by atoms with Crippen LogP contribution in [0.25, 0.3) is 0 Å². The van der Waals surface area contributed by atoms with Crippen molar-refractivity contribution in [2.45, 2.75) is 6.18 Å². The summed E-state index contributed by atoms with van der Waals surface area (Å²) in [4.78, 5) is 0. The Kier molecular flexibility index (Phi) is 4.70. The Morgan fingerprint density at radius 3 is 2.21 bits per heavy atom. The predicted octanol–water partition coefficient (Wildman–Crippen LogP) is 3.18. The summed E-state index contributed by atoms with van der Waals surface area (Å²) in [5, 5.41) is 0. The number of hydrazine groups is 1. The van der Waals surface area contributed by atoms with Crippen LogP contribution in [-0.2, 0) is 6.18 Å². The Morgan fingerprint density at radius 1 is 1.29 bits per heavy atom.